The van der Waals surface area contributed by atoms with Crippen molar-refractivity contribution in [1.82, 2.24) is 35.9 Å². The highest BCUT2D eigenvalue weighted by Gasteiger charge is 2.23. The van der Waals surface area contributed by atoms with Crippen molar-refractivity contribution in [3.63, 3.8) is 0 Å². The van der Waals surface area contributed by atoms with Crippen molar-refractivity contribution in [3.05, 3.63) is 41.9 Å². The fourth-order valence-corrected chi connectivity index (χ4v) is 3.55. The molecule has 0 unspecified atom stereocenters. The number of aromatic amines is 1. The van der Waals surface area contributed by atoms with Gasteiger partial charge in [0.1, 0.15) is 11.6 Å². The van der Waals surface area contributed by atoms with E-state index in [1.807, 2.05) is 32.0 Å². The number of nitrogens with one attached hydrogen (secondary N) is 2. The largest absolute Gasteiger partial charge is 0.507 e. The number of aromatic hydroxyl groups is 1. The number of benzene rings is 1. The van der Waals surface area contributed by atoms with Crippen LogP contribution in [0.25, 0.3) is 11.4 Å². The number of piperidine rings is 1. The lowest BCUT2D eigenvalue weighted by Crippen LogP contribution is -2.43. The number of tetrazole rings is 1. The fraction of sp³-hybridized carbons (Fsp3) is 0.421. The van der Waals surface area contributed by atoms with Crippen LogP contribution in [0.5, 0.6) is 5.75 Å². The molecule has 9 nitrogen and oxygen atoms in total. The van der Waals surface area contributed by atoms with Crippen LogP contribution >= 0.6 is 0 Å². The average molecular weight is 380 g/mol. The molecule has 1 saturated heterocycles. The Hall–Kier alpha value is -3.07. The van der Waals surface area contributed by atoms with Crippen LogP contribution in [-0.4, -0.2) is 54.8 Å². The Morgan fingerprint density at radius 3 is 2.71 bits per heavy atom. The van der Waals surface area contributed by atoms with Gasteiger partial charge in [-0.2, -0.15) is 5.21 Å². The molecule has 0 bridgehead atoms. The summed E-state index contributed by atoms with van der Waals surface area (Å²) in [7, 11) is 0. The molecule has 3 heterocycles. The van der Waals surface area contributed by atoms with Crippen LogP contribution in [-0.2, 0) is 0 Å². The van der Waals surface area contributed by atoms with Gasteiger partial charge in [-0.25, -0.2) is 9.97 Å². The zero-order chi connectivity index (χ0) is 19.5. The summed E-state index contributed by atoms with van der Waals surface area (Å²) in [6, 6.07) is 9.62. The number of hydrogen-bond donors (Lipinski definition) is 3. The van der Waals surface area contributed by atoms with Crippen LogP contribution in [0, 0.1) is 6.92 Å². The number of H-pyrrole nitrogens is 1. The maximum absolute atomic E-state index is 10.1. The number of nitrogens with zero attached hydrogens (tertiary/aromatic N) is 6. The molecule has 3 aromatic rings. The van der Waals surface area contributed by atoms with Crippen LogP contribution in [0.4, 0.5) is 5.82 Å². The lowest BCUT2D eigenvalue weighted by atomic mass is 10.0. The van der Waals surface area contributed by atoms with Crippen LogP contribution in [0.15, 0.2) is 30.3 Å². The van der Waals surface area contributed by atoms with E-state index in [9.17, 15) is 5.11 Å². The maximum atomic E-state index is 10.1. The van der Waals surface area contributed by atoms with Crippen molar-refractivity contribution in [3.8, 4) is 17.1 Å². The Labute approximate surface area is 163 Å². The summed E-state index contributed by atoms with van der Waals surface area (Å²) in [6.45, 7) is 5.79. The zero-order valence-electron chi connectivity index (χ0n) is 16.0. The van der Waals surface area contributed by atoms with Crippen LogP contribution in [0.1, 0.15) is 37.3 Å². The summed E-state index contributed by atoms with van der Waals surface area (Å²) < 4.78 is 0. The monoisotopic (exact) mass is 380 g/mol. The van der Waals surface area contributed by atoms with Gasteiger partial charge in [0.05, 0.1) is 11.6 Å². The molecular formula is C19H24N8O. The second-order valence-corrected chi connectivity index (χ2v) is 7.13. The molecule has 1 aliphatic heterocycles. The second kappa shape index (κ2) is 7.89. The van der Waals surface area contributed by atoms with Gasteiger partial charge >= 0.3 is 0 Å². The summed E-state index contributed by atoms with van der Waals surface area (Å²) in [5, 5.41) is 27.9. The van der Waals surface area contributed by atoms with Gasteiger partial charge in [0.2, 0.25) is 0 Å². The lowest BCUT2D eigenvalue weighted by Gasteiger charge is -2.34. The van der Waals surface area contributed by atoms with Crippen LogP contribution < -0.4 is 10.2 Å². The minimum absolute atomic E-state index is 0.0595. The first-order valence-corrected chi connectivity index (χ1v) is 9.48. The highest BCUT2D eigenvalue weighted by atomic mass is 16.3. The van der Waals surface area contributed by atoms with Crippen molar-refractivity contribution in [2.45, 2.75) is 38.8 Å². The first-order chi connectivity index (χ1) is 13.6. The predicted molar refractivity (Wildman–Crippen MR) is 105 cm³/mol. The summed E-state index contributed by atoms with van der Waals surface area (Å²) in [6.07, 6.45) is 1.99. The molecule has 9 heteroatoms. The minimum Gasteiger partial charge on any atom is -0.507 e. The van der Waals surface area contributed by atoms with Crippen molar-refractivity contribution in [1.29, 1.82) is 0 Å². The first kappa shape index (κ1) is 18.3. The van der Waals surface area contributed by atoms with Gasteiger partial charge < -0.3 is 15.3 Å². The molecule has 0 amide bonds. The molecule has 28 heavy (non-hydrogen) atoms. The molecule has 1 aromatic carbocycles. The number of aryl methyl sites for hydroxylation is 1. The zero-order valence-corrected chi connectivity index (χ0v) is 16.0. The van der Waals surface area contributed by atoms with E-state index in [0.29, 0.717) is 23.3 Å². The predicted octanol–water partition coefficient (Wildman–Crippen LogP) is 1.99. The highest BCUT2D eigenvalue weighted by Crippen LogP contribution is 2.28. The molecule has 146 valence electrons. The van der Waals surface area contributed by atoms with Crippen molar-refractivity contribution in [2.75, 3.05) is 18.0 Å². The topological polar surface area (TPSA) is 116 Å². The molecule has 3 N–H and O–H groups in total. The normalized spacial score (nSPS) is 16.3. The number of rotatable bonds is 5. The number of phenolic OH excluding ortho intramolecular Hbond substituents is 1. The van der Waals surface area contributed by atoms with Crippen molar-refractivity contribution < 1.29 is 5.11 Å². The molecule has 0 aliphatic carbocycles. The smallest absolute Gasteiger partial charge is 0.191 e. The van der Waals surface area contributed by atoms with Gasteiger partial charge in [0, 0.05) is 30.9 Å². The highest BCUT2D eigenvalue weighted by molar-refractivity contribution is 5.65. The van der Waals surface area contributed by atoms with Crippen LogP contribution in [0.2, 0.25) is 0 Å². The Morgan fingerprint density at radius 2 is 2.00 bits per heavy atom. The minimum atomic E-state index is 0.0595. The van der Waals surface area contributed by atoms with Gasteiger partial charge in [0.25, 0.3) is 0 Å². The summed E-state index contributed by atoms with van der Waals surface area (Å²) in [5.41, 5.74) is 1.53. The number of anilines is 1. The van der Waals surface area contributed by atoms with Crippen LogP contribution in [0.3, 0.4) is 0 Å². The number of phenols is 1. The van der Waals surface area contributed by atoms with Crippen molar-refractivity contribution >= 4 is 5.82 Å². The van der Waals surface area contributed by atoms with Gasteiger partial charge in [-0.05, 0) is 38.8 Å². The van der Waals surface area contributed by atoms with E-state index < -0.39 is 0 Å². The summed E-state index contributed by atoms with van der Waals surface area (Å²) in [4.78, 5) is 11.5. The number of hydrogen-bond acceptors (Lipinski definition) is 8. The average Bonchev–Trinajstić information content (AvgIpc) is 3.23. The molecular weight excluding hydrogens is 356 g/mol. The summed E-state index contributed by atoms with van der Waals surface area (Å²) >= 11 is 0. The maximum Gasteiger partial charge on any atom is 0.191 e. The molecule has 0 spiro atoms. The quantitative estimate of drug-likeness (QED) is 0.615. The molecule has 0 saturated carbocycles. The van der Waals surface area contributed by atoms with Gasteiger partial charge in [-0.15, -0.1) is 10.2 Å². The first-order valence-electron chi connectivity index (χ1n) is 9.48. The molecule has 0 radical (unpaired) electrons. The van der Waals surface area contributed by atoms with Gasteiger partial charge in [0.15, 0.2) is 11.6 Å². The van der Waals surface area contributed by atoms with E-state index >= 15 is 0 Å². The molecule has 1 atom stereocenters. The SMILES string of the molecule is Cc1cc(N2CCC(N[C@H](C)c3nn[nH]n3)CC2)nc(-c2ccccc2O)n1. The Balaban J connectivity index is 1.44. The Kier molecular flexibility index (Phi) is 5.16. The fourth-order valence-electron chi connectivity index (χ4n) is 3.55. The van der Waals surface area contributed by atoms with E-state index in [1.54, 1.807) is 12.1 Å². The third-order valence-corrected chi connectivity index (χ3v) is 5.04. The standard InChI is InChI=1S/C19H24N8O/c1-12-11-17(22-19(20-12)15-5-3-4-6-16(15)28)27-9-7-14(8-10-27)21-13(2)18-23-25-26-24-18/h3-6,11,13-14,21,28H,7-10H2,1-2H3,(H,23,24,25,26)/t13-/m1/s1. The van der Waals surface area contributed by atoms with E-state index in [0.717, 1.165) is 37.4 Å². The van der Waals surface area contributed by atoms with E-state index in [2.05, 4.69) is 35.8 Å². The summed E-state index contributed by atoms with van der Waals surface area (Å²) in [5.74, 6) is 2.33. The van der Waals surface area contributed by atoms with Gasteiger partial charge in [-0.1, -0.05) is 17.3 Å². The van der Waals surface area contributed by atoms with Crippen molar-refractivity contribution in [2.24, 2.45) is 0 Å². The molecule has 2 aromatic heterocycles. The van der Waals surface area contributed by atoms with E-state index in [-0.39, 0.29) is 11.8 Å². The van der Waals surface area contributed by atoms with E-state index in [1.165, 1.54) is 0 Å². The number of para-hydroxylation sites is 1. The molecule has 1 fully saturated rings. The Bertz CT molecular complexity index is 921. The third kappa shape index (κ3) is 3.94. The lowest BCUT2D eigenvalue weighted by molar-refractivity contribution is 0.373. The molecule has 4 rings (SSSR count). The molecule has 1 aliphatic rings. The van der Waals surface area contributed by atoms with E-state index in [4.69, 9.17) is 4.98 Å². The number of aromatic nitrogens is 6. The second-order valence-electron chi connectivity index (χ2n) is 7.13. The Morgan fingerprint density at radius 1 is 1.21 bits per heavy atom. The third-order valence-electron chi connectivity index (χ3n) is 5.04. The van der Waals surface area contributed by atoms with Gasteiger partial charge in [-0.3, -0.25) is 0 Å².